The number of aryl methyl sites for hydroxylation is 1. The second kappa shape index (κ2) is 8.15. The standard InChI is InChI=1S/C23H25N3OS/c1-16-11-9-10-14-18(16)20-19(15-24-22(25-20)28-5)21(27)26(4)23(2,3)17-12-7-6-8-13-17/h6-15H,1-5H3. The Balaban J connectivity index is 2.08. The van der Waals surface area contributed by atoms with Gasteiger partial charge in [0.1, 0.15) is 0 Å². The lowest BCUT2D eigenvalue weighted by Crippen LogP contribution is -2.43. The van der Waals surface area contributed by atoms with Gasteiger partial charge in [-0.3, -0.25) is 4.79 Å². The van der Waals surface area contributed by atoms with Crippen molar-refractivity contribution in [1.29, 1.82) is 0 Å². The predicted octanol–water partition coefficient (Wildman–Crippen LogP) is 5.18. The highest BCUT2D eigenvalue weighted by Crippen LogP contribution is 2.31. The molecular formula is C23H25N3OS. The normalized spacial score (nSPS) is 11.3. The maximum Gasteiger partial charge on any atom is 0.258 e. The summed E-state index contributed by atoms with van der Waals surface area (Å²) >= 11 is 1.47. The molecule has 0 bridgehead atoms. The molecule has 0 fully saturated rings. The highest BCUT2D eigenvalue weighted by molar-refractivity contribution is 7.98. The number of benzene rings is 2. The van der Waals surface area contributed by atoms with Crippen LogP contribution in [0.4, 0.5) is 0 Å². The van der Waals surface area contributed by atoms with Gasteiger partial charge < -0.3 is 4.90 Å². The van der Waals surface area contributed by atoms with Crippen LogP contribution in [0.15, 0.2) is 66.0 Å². The summed E-state index contributed by atoms with van der Waals surface area (Å²) in [6.45, 7) is 6.12. The van der Waals surface area contributed by atoms with Gasteiger partial charge in [0, 0.05) is 18.8 Å². The van der Waals surface area contributed by atoms with E-state index in [1.54, 1.807) is 11.1 Å². The minimum Gasteiger partial charge on any atom is -0.332 e. The Hall–Kier alpha value is -2.66. The summed E-state index contributed by atoms with van der Waals surface area (Å²) in [5.74, 6) is -0.0974. The van der Waals surface area contributed by atoms with Crippen LogP contribution >= 0.6 is 11.8 Å². The van der Waals surface area contributed by atoms with E-state index in [4.69, 9.17) is 0 Å². The van der Waals surface area contributed by atoms with Gasteiger partial charge >= 0.3 is 0 Å². The van der Waals surface area contributed by atoms with Gasteiger partial charge in [0.25, 0.3) is 5.91 Å². The van der Waals surface area contributed by atoms with Crippen LogP contribution < -0.4 is 0 Å². The Morgan fingerprint density at radius 3 is 2.32 bits per heavy atom. The molecule has 0 aliphatic rings. The fraction of sp³-hybridized carbons (Fsp3) is 0.261. The summed E-state index contributed by atoms with van der Waals surface area (Å²) < 4.78 is 0. The topological polar surface area (TPSA) is 46.1 Å². The molecule has 28 heavy (non-hydrogen) atoms. The van der Waals surface area contributed by atoms with Crippen LogP contribution in [-0.4, -0.2) is 34.1 Å². The molecule has 0 aliphatic carbocycles. The van der Waals surface area contributed by atoms with Gasteiger partial charge in [-0.15, -0.1) is 0 Å². The minimum absolute atomic E-state index is 0.0974. The van der Waals surface area contributed by atoms with E-state index in [-0.39, 0.29) is 5.91 Å². The predicted molar refractivity (Wildman–Crippen MR) is 116 cm³/mol. The van der Waals surface area contributed by atoms with Crippen LogP contribution in [0.2, 0.25) is 0 Å². The van der Waals surface area contributed by atoms with Gasteiger partial charge in [-0.1, -0.05) is 66.4 Å². The summed E-state index contributed by atoms with van der Waals surface area (Å²) in [5, 5.41) is 0.653. The lowest BCUT2D eigenvalue weighted by atomic mass is 9.91. The number of aromatic nitrogens is 2. The lowest BCUT2D eigenvalue weighted by Gasteiger charge is -2.36. The second-order valence-electron chi connectivity index (χ2n) is 7.22. The van der Waals surface area contributed by atoms with E-state index < -0.39 is 5.54 Å². The van der Waals surface area contributed by atoms with Crippen molar-refractivity contribution in [3.63, 3.8) is 0 Å². The number of rotatable bonds is 5. The highest BCUT2D eigenvalue weighted by Gasteiger charge is 2.32. The zero-order chi connectivity index (χ0) is 20.3. The molecule has 0 saturated heterocycles. The third-order valence-electron chi connectivity index (χ3n) is 5.20. The van der Waals surface area contributed by atoms with Gasteiger partial charge in [0.2, 0.25) is 0 Å². The first-order valence-corrected chi connectivity index (χ1v) is 10.4. The Kier molecular flexibility index (Phi) is 5.84. The largest absolute Gasteiger partial charge is 0.332 e. The first-order valence-electron chi connectivity index (χ1n) is 9.17. The van der Waals surface area contributed by atoms with E-state index in [0.29, 0.717) is 16.4 Å². The summed E-state index contributed by atoms with van der Waals surface area (Å²) in [5.41, 5.74) is 3.82. The van der Waals surface area contributed by atoms with Crippen LogP contribution in [0, 0.1) is 6.92 Å². The van der Waals surface area contributed by atoms with Gasteiger partial charge in [-0.25, -0.2) is 9.97 Å². The fourth-order valence-electron chi connectivity index (χ4n) is 3.14. The van der Waals surface area contributed by atoms with E-state index >= 15 is 0 Å². The Morgan fingerprint density at radius 2 is 1.68 bits per heavy atom. The maximum atomic E-state index is 13.5. The van der Waals surface area contributed by atoms with Crippen molar-refractivity contribution in [3.05, 3.63) is 77.5 Å². The number of hydrogen-bond acceptors (Lipinski definition) is 4. The molecule has 144 valence electrons. The quantitative estimate of drug-likeness (QED) is 0.444. The van der Waals surface area contributed by atoms with E-state index in [1.807, 2.05) is 88.7 Å². The molecule has 0 radical (unpaired) electrons. The molecule has 3 rings (SSSR count). The van der Waals surface area contributed by atoms with Gasteiger partial charge in [-0.05, 0) is 38.2 Å². The summed E-state index contributed by atoms with van der Waals surface area (Å²) in [6.07, 6.45) is 3.59. The van der Waals surface area contributed by atoms with Crippen molar-refractivity contribution < 1.29 is 4.79 Å². The number of nitrogens with zero attached hydrogens (tertiary/aromatic N) is 3. The van der Waals surface area contributed by atoms with Crippen molar-refractivity contribution in [2.45, 2.75) is 31.5 Å². The summed E-state index contributed by atoms with van der Waals surface area (Å²) in [7, 11) is 1.83. The number of carbonyl (C=O) groups excluding carboxylic acids is 1. The third-order valence-corrected chi connectivity index (χ3v) is 5.77. The molecule has 0 spiro atoms. The monoisotopic (exact) mass is 391 g/mol. The molecule has 1 amide bonds. The van der Waals surface area contributed by atoms with Crippen LogP contribution in [0.25, 0.3) is 11.3 Å². The first kappa shape index (κ1) is 20.1. The number of amides is 1. The second-order valence-corrected chi connectivity index (χ2v) is 8.00. The SMILES string of the molecule is CSc1ncc(C(=O)N(C)C(C)(C)c2ccccc2)c(-c2ccccc2C)n1. The van der Waals surface area contributed by atoms with E-state index in [2.05, 4.69) is 9.97 Å². The van der Waals surface area contributed by atoms with Crippen LogP contribution in [-0.2, 0) is 5.54 Å². The average Bonchev–Trinajstić information content (AvgIpc) is 2.73. The highest BCUT2D eigenvalue weighted by atomic mass is 32.2. The van der Waals surface area contributed by atoms with Crippen LogP contribution in [0.3, 0.4) is 0 Å². The van der Waals surface area contributed by atoms with Crippen LogP contribution in [0.5, 0.6) is 0 Å². The maximum absolute atomic E-state index is 13.5. The Morgan fingerprint density at radius 1 is 1.04 bits per heavy atom. The van der Waals surface area contributed by atoms with Crippen LogP contribution in [0.1, 0.15) is 35.3 Å². The lowest BCUT2D eigenvalue weighted by molar-refractivity contribution is 0.0622. The smallest absolute Gasteiger partial charge is 0.258 e. The number of thioether (sulfide) groups is 1. The molecule has 0 atom stereocenters. The van der Waals surface area contributed by atoms with Crippen molar-refractivity contribution in [2.24, 2.45) is 0 Å². The van der Waals surface area contributed by atoms with Gasteiger partial charge in [0.15, 0.2) is 5.16 Å². The Bertz CT molecular complexity index is 986. The molecule has 0 aliphatic heterocycles. The molecule has 1 heterocycles. The van der Waals surface area contributed by atoms with Crippen molar-refractivity contribution in [1.82, 2.24) is 14.9 Å². The zero-order valence-electron chi connectivity index (χ0n) is 16.9. The Labute approximate surface area is 171 Å². The molecular weight excluding hydrogens is 366 g/mol. The molecule has 3 aromatic rings. The fourth-order valence-corrected chi connectivity index (χ4v) is 3.48. The molecule has 0 saturated carbocycles. The average molecular weight is 392 g/mol. The molecule has 5 heteroatoms. The molecule has 0 N–H and O–H groups in total. The van der Waals surface area contributed by atoms with E-state index in [1.165, 1.54) is 11.8 Å². The number of hydrogen-bond donors (Lipinski definition) is 0. The minimum atomic E-state index is -0.473. The summed E-state index contributed by atoms with van der Waals surface area (Å²) in [6, 6.07) is 18.0. The van der Waals surface area contributed by atoms with E-state index in [9.17, 15) is 4.79 Å². The zero-order valence-corrected chi connectivity index (χ0v) is 17.7. The number of carbonyl (C=O) groups is 1. The van der Waals surface area contributed by atoms with E-state index in [0.717, 1.165) is 16.7 Å². The molecule has 0 unspecified atom stereocenters. The summed E-state index contributed by atoms with van der Waals surface area (Å²) in [4.78, 5) is 24.3. The molecule has 2 aromatic carbocycles. The first-order chi connectivity index (χ1) is 13.4. The van der Waals surface area contributed by atoms with Crippen molar-refractivity contribution in [3.8, 4) is 11.3 Å². The van der Waals surface area contributed by atoms with Crippen molar-refractivity contribution >= 4 is 17.7 Å². The molecule has 1 aromatic heterocycles. The molecule has 4 nitrogen and oxygen atoms in total. The van der Waals surface area contributed by atoms with Gasteiger partial charge in [-0.2, -0.15) is 0 Å². The van der Waals surface area contributed by atoms with Crippen molar-refractivity contribution in [2.75, 3.05) is 13.3 Å². The van der Waals surface area contributed by atoms with Gasteiger partial charge in [0.05, 0.1) is 16.8 Å². The third kappa shape index (κ3) is 3.80.